The molecule has 0 aromatic carbocycles. The van der Waals surface area contributed by atoms with Gasteiger partial charge in [-0.25, -0.2) is 9.97 Å². The van der Waals surface area contributed by atoms with Crippen LogP contribution >= 0.6 is 0 Å². The topological polar surface area (TPSA) is 30.7 Å². The molecule has 0 saturated heterocycles. The Morgan fingerprint density at radius 3 is 2.85 bits per heavy atom. The van der Waals surface area contributed by atoms with Gasteiger partial charge in [0, 0.05) is 23.8 Å². The first-order valence-electron chi connectivity index (χ1n) is 4.47. The van der Waals surface area contributed by atoms with Crippen LogP contribution in [-0.2, 0) is 0 Å². The van der Waals surface area contributed by atoms with Gasteiger partial charge in [0.15, 0.2) is 0 Å². The largest absolute Gasteiger partial charge is 0.330 e. The number of aromatic nitrogens is 3. The molecule has 0 unspecified atom stereocenters. The summed E-state index contributed by atoms with van der Waals surface area (Å²) in [5.41, 5.74) is 2.27. The summed E-state index contributed by atoms with van der Waals surface area (Å²) in [6.07, 6.45) is 5.60. The van der Waals surface area contributed by atoms with Crippen molar-refractivity contribution in [3.05, 3.63) is 24.3 Å². The first-order chi connectivity index (χ1) is 6.20. The molecule has 0 fully saturated rings. The van der Waals surface area contributed by atoms with Crippen molar-refractivity contribution in [1.29, 1.82) is 0 Å². The molecule has 0 aliphatic rings. The molecule has 0 spiro atoms. The van der Waals surface area contributed by atoms with E-state index in [2.05, 4.69) is 41.5 Å². The van der Waals surface area contributed by atoms with Crippen molar-refractivity contribution in [2.75, 3.05) is 0 Å². The van der Waals surface area contributed by atoms with E-state index in [0.29, 0.717) is 6.04 Å². The van der Waals surface area contributed by atoms with Gasteiger partial charge in [-0.1, -0.05) is 0 Å². The molecule has 68 valence electrons. The molecule has 2 aromatic rings. The minimum Gasteiger partial charge on any atom is -0.330 e. The van der Waals surface area contributed by atoms with Gasteiger partial charge in [-0.3, -0.25) is 0 Å². The maximum absolute atomic E-state index is 4.28. The average Bonchev–Trinajstić information content (AvgIpc) is 2.45. The monoisotopic (exact) mass is 175 g/mol. The summed E-state index contributed by atoms with van der Waals surface area (Å²) in [5, 5.41) is 1.15. The fourth-order valence-electron chi connectivity index (χ4n) is 1.54. The second kappa shape index (κ2) is 2.83. The number of aryl methyl sites for hydroxylation is 1. The van der Waals surface area contributed by atoms with E-state index in [1.165, 1.54) is 5.56 Å². The number of hydrogen-bond acceptors (Lipinski definition) is 2. The lowest BCUT2D eigenvalue weighted by molar-refractivity contribution is 0.616. The first kappa shape index (κ1) is 8.23. The van der Waals surface area contributed by atoms with Crippen molar-refractivity contribution >= 4 is 11.0 Å². The zero-order chi connectivity index (χ0) is 9.42. The Bertz CT molecular complexity index is 429. The van der Waals surface area contributed by atoms with E-state index in [9.17, 15) is 0 Å². The van der Waals surface area contributed by atoms with Gasteiger partial charge < -0.3 is 4.57 Å². The van der Waals surface area contributed by atoms with E-state index in [1.54, 1.807) is 6.33 Å². The Morgan fingerprint density at radius 2 is 2.15 bits per heavy atom. The summed E-state index contributed by atoms with van der Waals surface area (Å²) in [6, 6.07) is 0.450. The predicted octanol–water partition coefficient (Wildman–Crippen LogP) is 2.32. The lowest BCUT2D eigenvalue weighted by Gasteiger charge is -2.07. The van der Waals surface area contributed by atoms with Crippen molar-refractivity contribution in [3.8, 4) is 0 Å². The highest BCUT2D eigenvalue weighted by atomic mass is 15.1. The van der Waals surface area contributed by atoms with Gasteiger partial charge in [0.05, 0.1) is 0 Å². The molecule has 0 amide bonds. The highest BCUT2D eigenvalue weighted by molar-refractivity contribution is 5.79. The third-order valence-corrected chi connectivity index (χ3v) is 2.25. The minimum atomic E-state index is 0.450. The Hall–Kier alpha value is -1.38. The Balaban J connectivity index is 2.78. The first-order valence-corrected chi connectivity index (χ1v) is 4.47. The number of rotatable bonds is 1. The van der Waals surface area contributed by atoms with Gasteiger partial charge in [0.2, 0.25) is 0 Å². The van der Waals surface area contributed by atoms with Crippen molar-refractivity contribution < 1.29 is 0 Å². The smallest absolute Gasteiger partial charge is 0.143 e. The second-order valence-electron chi connectivity index (χ2n) is 3.57. The van der Waals surface area contributed by atoms with Crippen molar-refractivity contribution in [2.45, 2.75) is 26.8 Å². The number of nitrogens with zero attached hydrogens (tertiary/aromatic N) is 3. The summed E-state index contributed by atoms with van der Waals surface area (Å²) in [4.78, 5) is 8.30. The maximum Gasteiger partial charge on any atom is 0.143 e. The highest BCUT2D eigenvalue weighted by Crippen LogP contribution is 2.20. The Kier molecular flexibility index (Phi) is 1.79. The summed E-state index contributed by atoms with van der Waals surface area (Å²) in [7, 11) is 0. The van der Waals surface area contributed by atoms with E-state index in [1.807, 2.05) is 6.20 Å². The Labute approximate surface area is 77.4 Å². The van der Waals surface area contributed by atoms with Gasteiger partial charge in [0.25, 0.3) is 0 Å². The van der Waals surface area contributed by atoms with Crippen LogP contribution in [0.4, 0.5) is 0 Å². The molecule has 3 heteroatoms. The van der Waals surface area contributed by atoms with Gasteiger partial charge in [-0.05, 0) is 26.3 Å². The second-order valence-corrected chi connectivity index (χ2v) is 3.57. The van der Waals surface area contributed by atoms with Gasteiger partial charge in [0.1, 0.15) is 12.0 Å². The van der Waals surface area contributed by atoms with Gasteiger partial charge in [-0.2, -0.15) is 0 Å². The summed E-state index contributed by atoms with van der Waals surface area (Å²) >= 11 is 0. The molecule has 0 radical (unpaired) electrons. The molecule has 0 N–H and O–H groups in total. The third-order valence-electron chi connectivity index (χ3n) is 2.25. The third kappa shape index (κ3) is 1.20. The molecule has 0 atom stereocenters. The van der Waals surface area contributed by atoms with Crippen LogP contribution in [0.5, 0.6) is 0 Å². The number of hydrogen-bond donors (Lipinski definition) is 0. The van der Waals surface area contributed by atoms with Gasteiger partial charge >= 0.3 is 0 Å². The maximum atomic E-state index is 4.28. The summed E-state index contributed by atoms with van der Waals surface area (Å²) in [6.45, 7) is 6.40. The predicted molar refractivity (Wildman–Crippen MR) is 52.7 cm³/mol. The van der Waals surface area contributed by atoms with Crippen LogP contribution in [0.2, 0.25) is 0 Å². The van der Waals surface area contributed by atoms with Crippen molar-refractivity contribution in [2.24, 2.45) is 0 Å². The standard InChI is InChI=1S/C10H13N3/c1-7(2)13-5-8(3)9-4-11-6-12-10(9)13/h4-7H,1-3H3. The van der Waals surface area contributed by atoms with Crippen LogP contribution in [-0.4, -0.2) is 14.5 Å². The average molecular weight is 175 g/mol. The van der Waals surface area contributed by atoms with Gasteiger partial charge in [-0.15, -0.1) is 0 Å². The van der Waals surface area contributed by atoms with Crippen molar-refractivity contribution in [1.82, 2.24) is 14.5 Å². The van der Waals surface area contributed by atoms with Crippen LogP contribution in [0.25, 0.3) is 11.0 Å². The van der Waals surface area contributed by atoms with E-state index in [-0.39, 0.29) is 0 Å². The molecule has 13 heavy (non-hydrogen) atoms. The van der Waals surface area contributed by atoms with Crippen LogP contribution in [0.1, 0.15) is 25.5 Å². The van der Waals surface area contributed by atoms with Crippen LogP contribution in [0.3, 0.4) is 0 Å². The number of fused-ring (bicyclic) bond motifs is 1. The van der Waals surface area contributed by atoms with E-state index < -0.39 is 0 Å². The van der Waals surface area contributed by atoms with E-state index >= 15 is 0 Å². The van der Waals surface area contributed by atoms with Crippen LogP contribution in [0.15, 0.2) is 18.7 Å². The minimum absolute atomic E-state index is 0.450. The zero-order valence-corrected chi connectivity index (χ0v) is 8.15. The Morgan fingerprint density at radius 1 is 1.38 bits per heavy atom. The highest BCUT2D eigenvalue weighted by Gasteiger charge is 2.07. The SMILES string of the molecule is Cc1cn(C(C)C)c2ncncc12. The normalized spacial score (nSPS) is 11.4. The molecule has 0 saturated carbocycles. The summed E-state index contributed by atoms with van der Waals surface area (Å²) < 4.78 is 2.17. The molecule has 2 aromatic heterocycles. The zero-order valence-electron chi connectivity index (χ0n) is 8.15. The van der Waals surface area contributed by atoms with Crippen LogP contribution in [0, 0.1) is 6.92 Å². The fraction of sp³-hybridized carbons (Fsp3) is 0.400. The van der Waals surface area contributed by atoms with E-state index in [4.69, 9.17) is 0 Å². The lowest BCUT2D eigenvalue weighted by Crippen LogP contribution is -1.99. The van der Waals surface area contributed by atoms with Crippen molar-refractivity contribution in [3.63, 3.8) is 0 Å². The lowest BCUT2D eigenvalue weighted by atomic mass is 10.3. The molecular weight excluding hydrogens is 162 g/mol. The molecule has 2 heterocycles. The molecule has 0 aliphatic heterocycles. The molecular formula is C10H13N3. The molecule has 3 nitrogen and oxygen atoms in total. The molecule has 2 rings (SSSR count). The molecule has 0 bridgehead atoms. The molecule has 0 aliphatic carbocycles. The summed E-state index contributed by atoms with van der Waals surface area (Å²) in [5.74, 6) is 0. The van der Waals surface area contributed by atoms with Crippen LogP contribution < -0.4 is 0 Å². The van der Waals surface area contributed by atoms with E-state index in [0.717, 1.165) is 11.0 Å². The fourth-order valence-corrected chi connectivity index (χ4v) is 1.54. The quantitative estimate of drug-likeness (QED) is 0.666.